The van der Waals surface area contributed by atoms with E-state index in [0.29, 0.717) is 29.0 Å². The SMILES string of the molecule is CCN(CC)CCOC(=O)C(C)Oc1c2ccoc2c(OC)c2oc(C)cc(=O)c12. The van der Waals surface area contributed by atoms with Crippen LogP contribution in [-0.4, -0.2) is 50.3 Å². The molecule has 0 saturated heterocycles. The topological polar surface area (TPSA) is 91.3 Å². The smallest absolute Gasteiger partial charge is 0.347 e. The van der Waals surface area contributed by atoms with Gasteiger partial charge in [0.1, 0.15) is 23.5 Å². The van der Waals surface area contributed by atoms with Gasteiger partial charge in [0.2, 0.25) is 5.75 Å². The molecule has 0 amide bonds. The Hall–Kier alpha value is -3.00. The molecule has 0 saturated carbocycles. The van der Waals surface area contributed by atoms with Crippen LogP contribution in [0.25, 0.3) is 21.9 Å². The Morgan fingerprint density at radius 2 is 1.93 bits per heavy atom. The van der Waals surface area contributed by atoms with Crippen molar-refractivity contribution in [3.05, 3.63) is 34.4 Å². The second kappa shape index (κ2) is 9.21. The molecule has 0 aliphatic heterocycles. The number of aryl methyl sites for hydroxylation is 1. The monoisotopic (exact) mass is 417 g/mol. The zero-order valence-electron chi connectivity index (χ0n) is 17.9. The van der Waals surface area contributed by atoms with E-state index < -0.39 is 12.1 Å². The summed E-state index contributed by atoms with van der Waals surface area (Å²) in [7, 11) is 1.47. The van der Waals surface area contributed by atoms with Crippen LogP contribution in [0.4, 0.5) is 0 Å². The molecule has 0 N–H and O–H groups in total. The van der Waals surface area contributed by atoms with Crippen LogP contribution in [0.3, 0.4) is 0 Å². The summed E-state index contributed by atoms with van der Waals surface area (Å²) in [5.74, 6) is 0.412. The van der Waals surface area contributed by atoms with Crippen LogP contribution in [0, 0.1) is 6.92 Å². The first-order valence-corrected chi connectivity index (χ1v) is 9.98. The molecule has 0 aliphatic rings. The lowest BCUT2D eigenvalue weighted by molar-refractivity contribution is -0.151. The molecule has 30 heavy (non-hydrogen) atoms. The maximum Gasteiger partial charge on any atom is 0.347 e. The van der Waals surface area contributed by atoms with E-state index in [1.54, 1.807) is 19.9 Å². The first-order valence-electron chi connectivity index (χ1n) is 9.98. The van der Waals surface area contributed by atoms with Crippen molar-refractivity contribution in [2.75, 3.05) is 33.4 Å². The quantitative estimate of drug-likeness (QED) is 0.489. The largest absolute Gasteiger partial charge is 0.490 e. The summed E-state index contributed by atoms with van der Waals surface area (Å²) >= 11 is 0. The van der Waals surface area contributed by atoms with Gasteiger partial charge in [0.15, 0.2) is 22.7 Å². The van der Waals surface area contributed by atoms with Crippen molar-refractivity contribution in [2.24, 2.45) is 0 Å². The maximum absolute atomic E-state index is 12.8. The Morgan fingerprint density at radius 3 is 2.60 bits per heavy atom. The lowest BCUT2D eigenvalue weighted by Crippen LogP contribution is -2.31. The van der Waals surface area contributed by atoms with Gasteiger partial charge in [-0.15, -0.1) is 0 Å². The number of likely N-dealkylation sites (N-methyl/N-ethyl adjacent to an activating group) is 1. The normalized spacial score (nSPS) is 12.5. The number of nitrogens with zero attached hydrogens (tertiary/aromatic N) is 1. The lowest BCUT2D eigenvalue weighted by atomic mass is 10.1. The number of carbonyl (C=O) groups is 1. The zero-order chi connectivity index (χ0) is 21.8. The van der Waals surface area contributed by atoms with Crippen molar-refractivity contribution in [3.8, 4) is 11.5 Å². The second-order valence-electron chi connectivity index (χ2n) is 6.91. The van der Waals surface area contributed by atoms with Crippen molar-refractivity contribution in [1.29, 1.82) is 0 Å². The number of esters is 1. The molecular weight excluding hydrogens is 390 g/mol. The number of furan rings is 1. The number of methoxy groups -OCH3 is 1. The molecule has 0 aliphatic carbocycles. The van der Waals surface area contributed by atoms with Crippen molar-refractivity contribution < 1.29 is 27.8 Å². The van der Waals surface area contributed by atoms with Gasteiger partial charge in [-0.3, -0.25) is 4.79 Å². The van der Waals surface area contributed by atoms with Crippen molar-refractivity contribution in [1.82, 2.24) is 4.90 Å². The molecule has 162 valence electrons. The molecule has 8 heteroatoms. The summed E-state index contributed by atoms with van der Waals surface area (Å²) in [5, 5.41) is 0.701. The average Bonchev–Trinajstić information content (AvgIpc) is 3.20. The minimum absolute atomic E-state index is 0.189. The number of ether oxygens (including phenoxy) is 3. The highest BCUT2D eigenvalue weighted by atomic mass is 16.6. The maximum atomic E-state index is 12.8. The molecule has 8 nitrogen and oxygen atoms in total. The summed E-state index contributed by atoms with van der Waals surface area (Å²) < 4.78 is 28.0. The Labute approximate surface area is 174 Å². The van der Waals surface area contributed by atoms with Gasteiger partial charge in [-0.1, -0.05) is 13.8 Å². The van der Waals surface area contributed by atoms with E-state index in [1.165, 1.54) is 19.4 Å². The Morgan fingerprint density at radius 1 is 1.20 bits per heavy atom. The number of benzene rings is 1. The van der Waals surface area contributed by atoms with Crippen LogP contribution in [0.5, 0.6) is 11.5 Å². The third-order valence-electron chi connectivity index (χ3n) is 5.00. The predicted molar refractivity (Wildman–Crippen MR) is 112 cm³/mol. The fraction of sp³-hybridized carbons (Fsp3) is 0.455. The van der Waals surface area contributed by atoms with Gasteiger partial charge in [0.25, 0.3) is 0 Å². The van der Waals surface area contributed by atoms with Crippen LogP contribution in [-0.2, 0) is 9.53 Å². The molecule has 0 radical (unpaired) electrons. The van der Waals surface area contributed by atoms with Gasteiger partial charge >= 0.3 is 5.97 Å². The number of rotatable bonds is 9. The molecule has 0 bridgehead atoms. The van der Waals surface area contributed by atoms with Gasteiger partial charge in [-0.05, 0) is 33.0 Å². The molecule has 1 aromatic carbocycles. The molecule has 0 fully saturated rings. The Balaban J connectivity index is 1.94. The van der Waals surface area contributed by atoms with E-state index in [1.807, 2.05) is 0 Å². The molecule has 1 unspecified atom stereocenters. The number of carbonyl (C=O) groups excluding carboxylic acids is 1. The van der Waals surface area contributed by atoms with E-state index in [2.05, 4.69) is 18.7 Å². The summed E-state index contributed by atoms with van der Waals surface area (Å²) in [6, 6.07) is 3.03. The fourth-order valence-electron chi connectivity index (χ4n) is 3.35. The number of hydrogen-bond acceptors (Lipinski definition) is 8. The van der Waals surface area contributed by atoms with Crippen LogP contribution in [0.15, 0.2) is 32.0 Å². The van der Waals surface area contributed by atoms with Gasteiger partial charge in [0, 0.05) is 12.6 Å². The minimum atomic E-state index is -0.933. The second-order valence-corrected chi connectivity index (χ2v) is 6.91. The summed E-state index contributed by atoms with van der Waals surface area (Å²) in [5.41, 5.74) is 0.283. The Bertz CT molecular complexity index is 1090. The van der Waals surface area contributed by atoms with Crippen LogP contribution in [0.2, 0.25) is 0 Å². The van der Waals surface area contributed by atoms with Gasteiger partial charge in [0.05, 0.1) is 18.8 Å². The standard InChI is InChI=1S/C22H27NO7/c1-6-23(7-2)9-11-28-22(25)14(4)30-18-15-8-10-27-19(15)21(26-5)20-17(18)16(24)12-13(3)29-20/h8,10,12,14H,6-7,9,11H2,1-5H3. The molecule has 3 rings (SSSR count). The molecule has 2 aromatic heterocycles. The van der Waals surface area contributed by atoms with Gasteiger partial charge < -0.3 is 27.9 Å². The summed E-state index contributed by atoms with van der Waals surface area (Å²) in [6.07, 6.45) is 0.528. The summed E-state index contributed by atoms with van der Waals surface area (Å²) in [4.78, 5) is 27.4. The highest BCUT2D eigenvalue weighted by Crippen LogP contribution is 2.42. The van der Waals surface area contributed by atoms with Crippen molar-refractivity contribution in [3.63, 3.8) is 0 Å². The van der Waals surface area contributed by atoms with Gasteiger partial charge in [-0.2, -0.15) is 0 Å². The van der Waals surface area contributed by atoms with E-state index in [0.717, 1.165) is 13.1 Å². The van der Waals surface area contributed by atoms with E-state index in [-0.39, 0.29) is 28.8 Å². The third-order valence-corrected chi connectivity index (χ3v) is 5.00. The first kappa shape index (κ1) is 21.7. The van der Waals surface area contributed by atoms with Crippen molar-refractivity contribution in [2.45, 2.75) is 33.8 Å². The molecule has 0 spiro atoms. The molecule has 1 atom stereocenters. The zero-order valence-corrected chi connectivity index (χ0v) is 17.9. The van der Waals surface area contributed by atoms with Gasteiger partial charge in [-0.25, -0.2) is 4.79 Å². The number of fused-ring (bicyclic) bond motifs is 2. The van der Waals surface area contributed by atoms with E-state index in [9.17, 15) is 9.59 Å². The molecule has 2 heterocycles. The van der Waals surface area contributed by atoms with Crippen LogP contribution < -0.4 is 14.9 Å². The third kappa shape index (κ3) is 4.14. The highest BCUT2D eigenvalue weighted by molar-refractivity contribution is 6.06. The lowest BCUT2D eigenvalue weighted by Gasteiger charge is -2.19. The Kier molecular flexibility index (Phi) is 6.66. The first-order chi connectivity index (χ1) is 14.4. The van der Waals surface area contributed by atoms with E-state index >= 15 is 0 Å². The van der Waals surface area contributed by atoms with Crippen LogP contribution in [0.1, 0.15) is 26.5 Å². The number of hydrogen-bond donors (Lipinski definition) is 0. The molecule has 3 aromatic rings. The highest BCUT2D eigenvalue weighted by Gasteiger charge is 2.26. The fourth-order valence-corrected chi connectivity index (χ4v) is 3.35. The molecular formula is C22H27NO7. The van der Waals surface area contributed by atoms with E-state index in [4.69, 9.17) is 23.0 Å². The predicted octanol–water partition coefficient (Wildman–Crippen LogP) is 3.51. The average molecular weight is 417 g/mol. The minimum Gasteiger partial charge on any atom is -0.490 e. The van der Waals surface area contributed by atoms with Crippen molar-refractivity contribution >= 4 is 27.9 Å². The van der Waals surface area contributed by atoms with Crippen LogP contribution >= 0.6 is 0 Å². The summed E-state index contributed by atoms with van der Waals surface area (Å²) in [6.45, 7) is 10.0.